The van der Waals surface area contributed by atoms with E-state index in [9.17, 15) is 21.0 Å². The molecule has 13 aromatic rings. The summed E-state index contributed by atoms with van der Waals surface area (Å²) in [5.74, 6) is 0.970. The van der Waals surface area contributed by atoms with E-state index in [-0.39, 0.29) is 11.4 Å². The van der Waals surface area contributed by atoms with Crippen LogP contribution in [0.15, 0.2) is 218 Å². The molecule has 0 amide bonds. The van der Waals surface area contributed by atoms with Gasteiger partial charge in [0.2, 0.25) is 0 Å². The quantitative estimate of drug-likeness (QED) is 0.147. The second-order valence-corrected chi connectivity index (χ2v) is 19.2. The summed E-state index contributed by atoms with van der Waals surface area (Å²) in [4.78, 5) is 15.2. The van der Waals surface area contributed by atoms with Gasteiger partial charge in [0.1, 0.15) is 0 Å². The molecular weight excluding hydrogens is 1000 g/mol. The van der Waals surface area contributed by atoms with E-state index in [0.29, 0.717) is 84.2 Å². The Hall–Kier alpha value is -11.4. The summed E-state index contributed by atoms with van der Waals surface area (Å²) in [6.45, 7) is 0. The van der Waals surface area contributed by atoms with Crippen molar-refractivity contribution in [2.75, 3.05) is 0 Å². The fraction of sp³-hybridized carbons (Fsp3) is 0.0147. The smallest absolute Gasteiger partial charge is 0.309 e. The van der Waals surface area contributed by atoms with Crippen LogP contribution < -0.4 is 0 Å². The Morgan fingerprint density at radius 1 is 0.325 bits per heavy atom. The first-order valence-electron chi connectivity index (χ1n) is 25.3. The van der Waals surface area contributed by atoms with Crippen LogP contribution in [-0.2, 0) is 6.18 Å². The zero-order valence-corrected chi connectivity index (χ0v) is 41.9. The van der Waals surface area contributed by atoms with Gasteiger partial charge in [0.05, 0.1) is 79.8 Å². The summed E-state index contributed by atoms with van der Waals surface area (Å²) in [6, 6.07) is 74.5. The van der Waals surface area contributed by atoms with Gasteiger partial charge in [0.15, 0.2) is 17.5 Å². The van der Waals surface area contributed by atoms with Gasteiger partial charge in [-0.2, -0.15) is 34.2 Å². The molecule has 0 N–H and O–H groups in total. The number of hydrogen-bond donors (Lipinski definition) is 0. The number of rotatable bonds is 8. The minimum absolute atomic E-state index is 0.231. The van der Waals surface area contributed by atoms with Crippen molar-refractivity contribution in [3.05, 3.63) is 246 Å². The Morgan fingerprint density at radius 3 is 1.27 bits per heavy atom. The first-order chi connectivity index (χ1) is 39.1. The molecule has 0 aliphatic carbocycles. The van der Waals surface area contributed by atoms with Crippen LogP contribution in [0.1, 0.15) is 27.8 Å². The van der Waals surface area contributed by atoms with Gasteiger partial charge in [0.25, 0.3) is 0 Å². The molecule has 3 aromatic heterocycles. The standard InChI is InChI=1S/C68H36F3N9/c69-68(70,71)51-21-26-64(80-61-18-10-8-16-54(61)58-34-48(20-25-63(58)80)50-31-43(39-74)28-44(32-50)40-75)59(35-51)56-36-52(22-23-55(56)67-77-65(45-11-3-1-4-12-45)76-66(78-67)46-13-5-2-6-14-46)79-60-17-9-7-15-53(60)57-33-47(19-24-62(57)79)49-29-41(37-72)27-42(30-49)38-73/h1-36H. The van der Waals surface area contributed by atoms with Crippen LogP contribution in [0.4, 0.5) is 13.2 Å². The lowest BCUT2D eigenvalue weighted by Crippen LogP contribution is -2.08. The summed E-state index contributed by atoms with van der Waals surface area (Å²) >= 11 is 0. The van der Waals surface area contributed by atoms with E-state index in [2.05, 4.69) is 28.8 Å². The van der Waals surface area contributed by atoms with E-state index in [1.165, 1.54) is 18.2 Å². The van der Waals surface area contributed by atoms with Crippen molar-refractivity contribution in [2.24, 2.45) is 0 Å². The number of nitrogens with zero attached hydrogens (tertiary/aromatic N) is 9. The molecule has 3 heterocycles. The summed E-state index contributed by atoms with van der Waals surface area (Å²) in [6.07, 6.45) is -4.75. The van der Waals surface area contributed by atoms with Gasteiger partial charge < -0.3 is 9.13 Å². The number of nitriles is 4. The molecule has 12 heteroatoms. The number of para-hydroxylation sites is 2. The van der Waals surface area contributed by atoms with Crippen LogP contribution in [0.2, 0.25) is 0 Å². The van der Waals surface area contributed by atoms with Crippen molar-refractivity contribution < 1.29 is 13.2 Å². The molecular formula is C68H36F3N9. The van der Waals surface area contributed by atoms with Crippen molar-refractivity contribution >= 4 is 43.6 Å². The van der Waals surface area contributed by atoms with Gasteiger partial charge in [-0.05, 0) is 137 Å². The average Bonchev–Trinajstić information content (AvgIpc) is 4.20. The molecule has 80 heavy (non-hydrogen) atoms. The highest BCUT2D eigenvalue weighted by atomic mass is 19.4. The van der Waals surface area contributed by atoms with Crippen molar-refractivity contribution in [1.29, 1.82) is 21.0 Å². The monoisotopic (exact) mass is 1040 g/mol. The maximum atomic E-state index is 15.5. The molecule has 0 saturated heterocycles. The van der Waals surface area contributed by atoms with Crippen LogP contribution in [0.5, 0.6) is 0 Å². The predicted molar refractivity (Wildman–Crippen MR) is 305 cm³/mol. The molecule has 13 rings (SSSR count). The van der Waals surface area contributed by atoms with Crippen molar-refractivity contribution in [3.63, 3.8) is 0 Å². The van der Waals surface area contributed by atoms with E-state index >= 15 is 13.2 Å². The maximum absolute atomic E-state index is 15.5. The molecule has 0 aliphatic heterocycles. The summed E-state index contributed by atoms with van der Waals surface area (Å²) in [5, 5.41) is 42.8. The largest absolute Gasteiger partial charge is 0.416 e. The molecule has 0 aliphatic rings. The Kier molecular flexibility index (Phi) is 11.6. The fourth-order valence-corrected chi connectivity index (χ4v) is 10.8. The lowest BCUT2D eigenvalue weighted by molar-refractivity contribution is -0.137. The van der Waals surface area contributed by atoms with E-state index < -0.39 is 11.7 Å². The van der Waals surface area contributed by atoms with Gasteiger partial charge in [-0.25, -0.2) is 15.0 Å². The fourth-order valence-electron chi connectivity index (χ4n) is 10.8. The van der Waals surface area contributed by atoms with Gasteiger partial charge in [-0.3, -0.25) is 0 Å². The second-order valence-electron chi connectivity index (χ2n) is 19.2. The topological polar surface area (TPSA) is 144 Å². The highest BCUT2D eigenvalue weighted by Crippen LogP contribution is 2.45. The van der Waals surface area contributed by atoms with Gasteiger partial charge in [-0.1, -0.05) is 109 Å². The zero-order valence-electron chi connectivity index (χ0n) is 41.9. The van der Waals surface area contributed by atoms with Crippen LogP contribution in [0, 0.1) is 45.3 Å². The number of aromatic nitrogens is 5. The highest BCUT2D eigenvalue weighted by molar-refractivity contribution is 6.12. The molecule has 9 nitrogen and oxygen atoms in total. The number of hydrogen-bond acceptors (Lipinski definition) is 7. The number of benzene rings is 10. The van der Waals surface area contributed by atoms with Crippen LogP contribution >= 0.6 is 0 Å². The third kappa shape index (κ3) is 8.40. The minimum Gasteiger partial charge on any atom is -0.309 e. The molecule has 374 valence electrons. The van der Waals surface area contributed by atoms with E-state index in [0.717, 1.165) is 55.3 Å². The van der Waals surface area contributed by atoms with Gasteiger partial charge in [-0.15, -0.1) is 0 Å². The lowest BCUT2D eigenvalue weighted by atomic mass is 9.94. The first-order valence-corrected chi connectivity index (χ1v) is 25.3. The molecule has 0 spiro atoms. The Balaban J connectivity index is 1.11. The molecule has 0 atom stereocenters. The molecule has 0 unspecified atom stereocenters. The number of halogens is 3. The van der Waals surface area contributed by atoms with E-state index in [1.807, 2.05) is 168 Å². The van der Waals surface area contributed by atoms with Crippen LogP contribution in [0.25, 0.3) is 123 Å². The van der Waals surface area contributed by atoms with Crippen molar-refractivity contribution in [1.82, 2.24) is 24.1 Å². The molecule has 0 bridgehead atoms. The number of alkyl halides is 3. The third-order valence-electron chi connectivity index (χ3n) is 14.5. The highest BCUT2D eigenvalue weighted by Gasteiger charge is 2.33. The predicted octanol–water partition coefficient (Wildman–Crippen LogP) is 16.6. The first kappa shape index (κ1) is 48.2. The average molecular weight is 1040 g/mol. The molecule has 0 radical (unpaired) electrons. The SMILES string of the molecule is N#Cc1cc(C#N)cc(-c2ccc3c(c2)c2ccccc2n3-c2ccc(-c3nc(-c4ccccc4)nc(-c4ccccc4)n3)c(-c3cc(C(F)(F)F)ccc3-n3c4ccccc4c4cc(-c5cc(C#N)cc(C#N)c5)ccc43)c2)c1. The molecule has 10 aromatic carbocycles. The normalized spacial score (nSPS) is 11.4. The second kappa shape index (κ2) is 19.3. The summed E-state index contributed by atoms with van der Waals surface area (Å²) in [7, 11) is 0. The minimum atomic E-state index is -4.75. The van der Waals surface area contributed by atoms with Crippen LogP contribution in [-0.4, -0.2) is 24.1 Å². The maximum Gasteiger partial charge on any atom is 0.416 e. The Morgan fingerprint density at radius 2 is 0.775 bits per heavy atom. The van der Waals surface area contributed by atoms with Crippen molar-refractivity contribution in [2.45, 2.75) is 6.18 Å². The van der Waals surface area contributed by atoms with Crippen molar-refractivity contribution in [3.8, 4) is 103 Å². The zero-order chi connectivity index (χ0) is 54.6. The van der Waals surface area contributed by atoms with Gasteiger partial charge in [0, 0.05) is 49.5 Å². The summed E-state index contributed by atoms with van der Waals surface area (Å²) in [5.41, 5.74) is 10.0. The van der Waals surface area contributed by atoms with E-state index in [4.69, 9.17) is 15.0 Å². The third-order valence-corrected chi connectivity index (χ3v) is 14.5. The van der Waals surface area contributed by atoms with E-state index in [1.54, 1.807) is 30.3 Å². The summed E-state index contributed by atoms with van der Waals surface area (Å²) < 4.78 is 50.4. The Labute approximate surface area is 455 Å². The molecule has 0 fully saturated rings. The lowest BCUT2D eigenvalue weighted by Gasteiger charge is -2.20. The van der Waals surface area contributed by atoms with Crippen LogP contribution in [0.3, 0.4) is 0 Å². The van der Waals surface area contributed by atoms with Gasteiger partial charge >= 0.3 is 6.18 Å². The molecule has 0 saturated carbocycles. The Bertz CT molecular complexity index is 4750. The number of fused-ring (bicyclic) bond motifs is 6.